The highest BCUT2D eigenvalue weighted by Gasteiger charge is 2.68. The van der Waals surface area contributed by atoms with Gasteiger partial charge in [-0.3, -0.25) is 0 Å². The van der Waals surface area contributed by atoms with Gasteiger partial charge in [0, 0.05) is 25.9 Å². The van der Waals surface area contributed by atoms with E-state index in [9.17, 15) is 9.90 Å². The molecule has 0 aromatic heterocycles. The molecule has 1 aromatic carbocycles. The molecule has 36 heavy (non-hydrogen) atoms. The Kier molecular flexibility index (Phi) is 7.00. The summed E-state index contributed by atoms with van der Waals surface area (Å²) in [5.41, 5.74) is 0.516. The Morgan fingerprint density at radius 3 is 2.58 bits per heavy atom. The first-order valence-corrected chi connectivity index (χ1v) is 13.8. The normalized spacial score (nSPS) is 40.9. The first-order valence-electron chi connectivity index (χ1n) is 13.0. The van der Waals surface area contributed by atoms with Crippen LogP contribution in [0.15, 0.2) is 41.4 Å². The number of benzene rings is 1. The van der Waals surface area contributed by atoms with Crippen LogP contribution >= 0.6 is 15.9 Å². The Balaban J connectivity index is 1.18. The number of esters is 1. The van der Waals surface area contributed by atoms with Crippen molar-refractivity contribution in [1.29, 1.82) is 0 Å². The molecule has 0 aliphatic carbocycles. The first kappa shape index (κ1) is 25.0. The molecule has 1 N–H and O–H groups in total. The number of hydrogen-bond donors (Lipinski definition) is 1. The average molecular weight is 565 g/mol. The molecule has 196 valence electrons. The van der Waals surface area contributed by atoms with Crippen LogP contribution in [0.25, 0.3) is 0 Å². The van der Waals surface area contributed by atoms with Gasteiger partial charge in [-0.15, -0.1) is 0 Å². The van der Waals surface area contributed by atoms with E-state index in [-0.39, 0.29) is 67.5 Å². The summed E-state index contributed by atoms with van der Waals surface area (Å²) in [4.78, 5) is 12.7. The third-order valence-corrected chi connectivity index (χ3v) is 8.38. The summed E-state index contributed by atoms with van der Waals surface area (Å²) in [6.07, 6.45) is 2.84. The Morgan fingerprint density at radius 2 is 1.81 bits per heavy atom. The lowest BCUT2D eigenvalue weighted by Crippen LogP contribution is -2.61. The number of carbonyl (C=O) groups is 1. The van der Waals surface area contributed by atoms with Crippen LogP contribution in [-0.4, -0.2) is 78.4 Å². The number of aliphatic hydroxyl groups excluding tert-OH is 1. The third-order valence-electron chi connectivity index (χ3n) is 8.06. The predicted molar refractivity (Wildman–Crippen MR) is 132 cm³/mol. The van der Waals surface area contributed by atoms with Crippen LogP contribution in [0.2, 0.25) is 0 Å². The molecule has 0 spiro atoms. The minimum absolute atomic E-state index is 0.0148. The number of carbonyl (C=O) groups excluding carboxylic acids is 1. The second kappa shape index (κ2) is 10.1. The lowest BCUT2D eigenvalue weighted by atomic mass is 9.87. The molecular formula is C27H33BrO8. The molecule has 0 saturated carbocycles. The van der Waals surface area contributed by atoms with Crippen LogP contribution in [0.5, 0.6) is 0 Å². The number of rotatable bonds is 9. The van der Waals surface area contributed by atoms with Crippen molar-refractivity contribution in [2.75, 3.05) is 6.61 Å². The molecule has 0 radical (unpaired) electrons. The van der Waals surface area contributed by atoms with Crippen molar-refractivity contribution in [1.82, 2.24) is 0 Å². The van der Waals surface area contributed by atoms with E-state index >= 15 is 0 Å². The van der Waals surface area contributed by atoms with Crippen molar-refractivity contribution >= 4 is 21.9 Å². The monoisotopic (exact) mass is 564 g/mol. The van der Waals surface area contributed by atoms with Crippen molar-refractivity contribution in [3.8, 4) is 0 Å². The maximum Gasteiger partial charge on any atom is 0.338 e. The van der Waals surface area contributed by atoms with E-state index in [2.05, 4.69) is 22.5 Å². The maximum absolute atomic E-state index is 12.7. The largest absolute Gasteiger partial charge is 0.458 e. The molecule has 6 aliphatic rings. The predicted octanol–water partition coefficient (Wildman–Crippen LogP) is 3.64. The molecule has 1 aromatic rings. The highest BCUT2D eigenvalue weighted by Crippen LogP contribution is 2.54. The van der Waals surface area contributed by atoms with Gasteiger partial charge in [-0.1, -0.05) is 40.7 Å². The van der Waals surface area contributed by atoms with Gasteiger partial charge in [-0.25, -0.2) is 4.79 Å². The van der Waals surface area contributed by atoms with Crippen molar-refractivity contribution in [3.05, 3.63) is 47.0 Å². The smallest absolute Gasteiger partial charge is 0.338 e. The van der Waals surface area contributed by atoms with Gasteiger partial charge in [-0.2, -0.15) is 0 Å². The van der Waals surface area contributed by atoms with Crippen molar-refractivity contribution in [2.45, 2.75) is 106 Å². The molecule has 6 heterocycles. The zero-order chi connectivity index (χ0) is 24.9. The lowest BCUT2D eigenvalue weighted by Gasteiger charge is -2.47. The van der Waals surface area contributed by atoms with Gasteiger partial charge in [0.25, 0.3) is 0 Å². The third kappa shape index (κ3) is 4.68. The van der Waals surface area contributed by atoms with Gasteiger partial charge in [0.05, 0.1) is 23.9 Å². The quantitative estimate of drug-likeness (QED) is 0.454. The van der Waals surface area contributed by atoms with Gasteiger partial charge in [0.1, 0.15) is 36.6 Å². The zero-order valence-corrected chi connectivity index (χ0v) is 21.7. The molecule has 7 rings (SSSR count). The van der Waals surface area contributed by atoms with Gasteiger partial charge in [0.2, 0.25) is 0 Å². The number of ether oxygens (including phenoxy) is 6. The van der Waals surface area contributed by atoms with E-state index in [0.29, 0.717) is 37.7 Å². The van der Waals surface area contributed by atoms with E-state index in [0.717, 1.165) is 17.3 Å². The van der Waals surface area contributed by atoms with Gasteiger partial charge < -0.3 is 33.5 Å². The van der Waals surface area contributed by atoms with Crippen LogP contribution in [0.3, 0.4) is 0 Å². The van der Waals surface area contributed by atoms with Crippen LogP contribution in [0.1, 0.15) is 55.3 Å². The Bertz CT molecular complexity index is 974. The summed E-state index contributed by atoms with van der Waals surface area (Å²) in [7, 11) is 0. The van der Waals surface area contributed by atoms with Crippen molar-refractivity contribution in [2.24, 2.45) is 0 Å². The molecule has 6 unspecified atom stereocenters. The summed E-state index contributed by atoms with van der Waals surface area (Å²) in [5.74, 6) is -1.21. The second-order valence-corrected chi connectivity index (χ2v) is 11.6. The summed E-state index contributed by atoms with van der Waals surface area (Å²) in [6.45, 7) is 4.05. The van der Waals surface area contributed by atoms with Crippen molar-refractivity contribution < 1.29 is 38.3 Å². The molecule has 6 aliphatic heterocycles. The summed E-state index contributed by atoms with van der Waals surface area (Å²) < 4.78 is 39.2. The van der Waals surface area contributed by atoms with Crippen LogP contribution in [0, 0.1) is 0 Å². The fraction of sp³-hybridized carbons (Fsp3) is 0.667. The Hall–Kier alpha value is -1.33. The molecule has 6 saturated heterocycles. The van der Waals surface area contributed by atoms with E-state index in [1.54, 1.807) is 12.1 Å². The van der Waals surface area contributed by atoms with Gasteiger partial charge >= 0.3 is 5.97 Å². The second-order valence-electron chi connectivity index (χ2n) is 10.5. The highest BCUT2D eigenvalue weighted by molar-refractivity contribution is 9.11. The van der Waals surface area contributed by atoms with Crippen molar-refractivity contribution in [3.63, 3.8) is 0 Å². The highest BCUT2D eigenvalue weighted by atomic mass is 79.9. The number of fused-ring (bicyclic) bond motifs is 1. The zero-order valence-electron chi connectivity index (χ0n) is 20.1. The fourth-order valence-corrected chi connectivity index (χ4v) is 6.82. The van der Waals surface area contributed by atoms with Crippen LogP contribution in [0.4, 0.5) is 0 Å². The van der Waals surface area contributed by atoms with Gasteiger partial charge in [0.15, 0.2) is 5.79 Å². The van der Waals surface area contributed by atoms with E-state index in [4.69, 9.17) is 28.4 Å². The number of aliphatic hydroxyl groups is 1. The molecule has 0 amide bonds. The number of halogens is 1. The number of hydrogen-bond acceptors (Lipinski definition) is 8. The molecular weight excluding hydrogens is 532 g/mol. The fourth-order valence-electron chi connectivity index (χ4n) is 6.46. The molecule has 10 atom stereocenters. The minimum atomic E-state index is -0.847. The molecule has 8 nitrogen and oxygen atoms in total. The van der Waals surface area contributed by atoms with Gasteiger partial charge in [-0.05, 0) is 42.3 Å². The van der Waals surface area contributed by atoms with E-state index in [1.165, 1.54) is 0 Å². The molecule has 9 heteroatoms. The molecule has 6 fully saturated rings. The Morgan fingerprint density at radius 1 is 1.06 bits per heavy atom. The minimum Gasteiger partial charge on any atom is -0.458 e. The maximum atomic E-state index is 12.7. The summed E-state index contributed by atoms with van der Waals surface area (Å²) in [6, 6.07) is 8.99. The summed E-state index contributed by atoms with van der Waals surface area (Å²) >= 11 is 3.43. The topological polar surface area (TPSA) is 92.7 Å². The SMILES string of the molecule is C=C(Br)C[C@H](CC[C@@]12CC3OC4C(O1)[C@H]1OC(CCO)CCC1O[C@H]4C3O2)OC(=O)c1ccccc1. The van der Waals surface area contributed by atoms with Crippen LogP contribution < -0.4 is 0 Å². The van der Waals surface area contributed by atoms with Crippen LogP contribution in [-0.2, 0) is 28.4 Å². The summed E-state index contributed by atoms with van der Waals surface area (Å²) in [5, 5.41) is 9.42. The Labute approximate surface area is 219 Å². The first-order chi connectivity index (χ1) is 17.4. The standard InChI is InChI=1S/C27H33BrO8/c1-15(28)13-18(32-26(30)16-5-3-2-4-6-16)9-11-27-14-20-22(35-27)23-24(34-20)25(36-27)21-19(33-23)8-7-17(31-21)10-12-29/h2-6,17-25,29H,1,7-14H2/t17?,18-,19?,20?,21-,22?,23-,24?,25?,27-/m0/s1. The lowest BCUT2D eigenvalue weighted by molar-refractivity contribution is -0.293. The average Bonchev–Trinajstić information content (AvgIpc) is 3.28. The van der Waals surface area contributed by atoms with E-state index in [1.807, 2.05) is 18.2 Å². The van der Waals surface area contributed by atoms with E-state index < -0.39 is 5.79 Å². The molecule has 6 bridgehead atoms.